The molecule has 0 fully saturated rings. The number of hydrogen-bond donors (Lipinski definition) is 2. The molecule has 4 nitrogen and oxygen atoms in total. The van der Waals surface area contributed by atoms with Gasteiger partial charge in [0.15, 0.2) is 0 Å². The summed E-state index contributed by atoms with van der Waals surface area (Å²) in [5, 5.41) is 6.54. The topological polar surface area (TPSA) is 54.0 Å². The minimum absolute atomic E-state index is 0.129. The Morgan fingerprint density at radius 3 is 2.85 bits per heavy atom. The number of nitrogens with one attached hydrogen (secondary N) is 2. The Balaban J connectivity index is 2.62. The Hall–Kier alpha value is -0.940. The van der Waals surface area contributed by atoms with Crippen LogP contribution in [0.15, 0.2) is 12.3 Å². The maximum Gasteiger partial charge on any atom is 0.253 e. The molecule has 1 amide bonds. The molecule has 1 aromatic heterocycles. The van der Waals surface area contributed by atoms with Crippen LogP contribution in [0.5, 0.6) is 0 Å². The third kappa shape index (κ3) is 5.59. The smallest absolute Gasteiger partial charge is 0.253 e. The highest BCUT2D eigenvalue weighted by Gasteiger charge is 2.12. The molecule has 0 aliphatic heterocycles. The molecular formula is C14H22ClN3OS. The van der Waals surface area contributed by atoms with Crippen LogP contribution in [0.25, 0.3) is 0 Å². The molecule has 0 spiro atoms. The van der Waals surface area contributed by atoms with Gasteiger partial charge >= 0.3 is 0 Å². The van der Waals surface area contributed by atoms with Gasteiger partial charge in [-0.1, -0.05) is 25.4 Å². The number of hydrogen-bond acceptors (Lipinski definition) is 4. The van der Waals surface area contributed by atoms with E-state index in [1.165, 1.54) is 0 Å². The zero-order valence-electron chi connectivity index (χ0n) is 12.2. The highest BCUT2D eigenvalue weighted by atomic mass is 35.5. The average Bonchev–Trinajstić information content (AvgIpc) is 2.43. The largest absolute Gasteiger partial charge is 0.369 e. The molecule has 0 aliphatic rings. The van der Waals surface area contributed by atoms with Crippen LogP contribution in [0.1, 0.15) is 37.6 Å². The monoisotopic (exact) mass is 315 g/mol. The first kappa shape index (κ1) is 17.1. The molecule has 0 bridgehead atoms. The van der Waals surface area contributed by atoms with Crippen molar-refractivity contribution in [2.24, 2.45) is 0 Å². The van der Waals surface area contributed by atoms with Gasteiger partial charge in [0, 0.05) is 24.5 Å². The third-order valence-electron chi connectivity index (χ3n) is 2.60. The lowest BCUT2D eigenvalue weighted by Gasteiger charge is -2.13. The molecule has 1 atom stereocenters. The zero-order valence-corrected chi connectivity index (χ0v) is 13.8. The molecule has 0 aromatic carbocycles. The van der Waals surface area contributed by atoms with Crippen molar-refractivity contribution < 1.29 is 4.79 Å². The third-order valence-corrected chi connectivity index (χ3v) is 4.03. The van der Waals surface area contributed by atoms with Crippen LogP contribution in [0.2, 0.25) is 5.02 Å². The maximum atomic E-state index is 12.1. The van der Waals surface area contributed by atoms with Crippen LogP contribution in [0, 0.1) is 0 Å². The quantitative estimate of drug-likeness (QED) is 0.771. The van der Waals surface area contributed by atoms with Gasteiger partial charge in [0.25, 0.3) is 5.91 Å². The van der Waals surface area contributed by atoms with E-state index in [9.17, 15) is 4.79 Å². The van der Waals surface area contributed by atoms with Gasteiger partial charge in [-0.25, -0.2) is 4.98 Å². The summed E-state index contributed by atoms with van der Waals surface area (Å²) >= 11 is 7.92. The van der Waals surface area contributed by atoms with E-state index < -0.39 is 0 Å². The first-order valence-corrected chi connectivity index (χ1v) is 8.39. The van der Waals surface area contributed by atoms with Gasteiger partial charge < -0.3 is 10.6 Å². The van der Waals surface area contributed by atoms with E-state index in [2.05, 4.69) is 29.5 Å². The molecule has 1 aromatic rings. The van der Waals surface area contributed by atoms with Gasteiger partial charge in [0.1, 0.15) is 5.82 Å². The molecule has 2 N–H and O–H groups in total. The fourth-order valence-electron chi connectivity index (χ4n) is 1.58. The SMILES string of the molecule is CCCNc1ncc(C(=O)NC(C)CSCC)cc1Cl. The fourth-order valence-corrected chi connectivity index (χ4v) is 2.48. The van der Waals surface area contributed by atoms with E-state index in [0.717, 1.165) is 24.5 Å². The van der Waals surface area contributed by atoms with Crippen LogP contribution in [-0.4, -0.2) is 35.0 Å². The van der Waals surface area contributed by atoms with Crippen molar-refractivity contribution in [1.82, 2.24) is 10.3 Å². The molecule has 0 aliphatic carbocycles. The summed E-state index contributed by atoms with van der Waals surface area (Å²) in [5.41, 5.74) is 0.491. The summed E-state index contributed by atoms with van der Waals surface area (Å²) in [4.78, 5) is 16.3. The number of thioether (sulfide) groups is 1. The molecule has 0 saturated carbocycles. The summed E-state index contributed by atoms with van der Waals surface area (Å²) in [5.74, 6) is 2.44. The average molecular weight is 316 g/mol. The van der Waals surface area contributed by atoms with E-state index in [-0.39, 0.29) is 11.9 Å². The minimum atomic E-state index is -0.134. The highest BCUT2D eigenvalue weighted by molar-refractivity contribution is 7.99. The first-order valence-electron chi connectivity index (χ1n) is 6.86. The molecule has 0 saturated heterocycles. The normalized spacial score (nSPS) is 12.0. The molecule has 1 heterocycles. The Kier molecular flexibility index (Phi) is 7.77. The summed E-state index contributed by atoms with van der Waals surface area (Å²) in [6.45, 7) is 6.97. The molecule has 6 heteroatoms. The number of carbonyl (C=O) groups excluding carboxylic acids is 1. The van der Waals surface area contributed by atoms with Crippen molar-refractivity contribution >= 4 is 35.1 Å². The number of pyridine rings is 1. The lowest BCUT2D eigenvalue weighted by Crippen LogP contribution is -2.34. The van der Waals surface area contributed by atoms with Gasteiger partial charge in [0.05, 0.1) is 10.6 Å². The Morgan fingerprint density at radius 2 is 2.25 bits per heavy atom. The Morgan fingerprint density at radius 1 is 1.50 bits per heavy atom. The van der Waals surface area contributed by atoms with Crippen LogP contribution >= 0.6 is 23.4 Å². The number of anilines is 1. The van der Waals surface area contributed by atoms with Gasteiger partial charge in [-0.2, -0.15) is 11.8 Å². The molecule has 20 heavy (non-hydrogen) atoms. The van der Waals surface area contributed by atoms with Gasteiger partial charge in [-0.3, -0.25) is 4.79 Å². The van der Waals surface area contributed by atoms with Crippen molar-refractivity contribution in [3.8, 4) is 0 Å². The number of rotatable bonds is 8. The first-order chi connectivity index (χ1) is 9.58. The predicted molar refractivity (Wildman–Crippen MR) is 88.0 cm³/mol. The summed E-state index contributed by atoms with van der Waals surface area (Å²) < 4.78 is 0. The summed E-state index contributed by atoms with van der Waals surface area (Å²) in [6.07, 6.45) is 2.55. The highest BCUT2D eigenvalue weighted by Crippen LogP contribution is 2.20. The lowest BCUT2D eigenvalue weighted by molar-refractivity contribution is 0.0943. The molecule has 0 radical (unpaired) electrons. The van der Waals surface area contributed by atoms with E-state index in [1.807, 2.05) is 6.92 Å². The predicted octanol–water partition coefficient (Wildman–Crippen LogP) is 3.43. The van der Waals surface area contributed by atoms with Gasteiger partial charge in [-0.15, -0.1) is 0 Å². The van der Waals surface area contributed by atoms with Gasteiger partial charge in [0.2, 0.25) is 0 Å². The summed E-state index contributed by atoms with van der Waals surface area (Å²) in [6, 6.07) is 1.78. The molecule has 1 unspecified atom stereocenters. The van der Waals surface area contributed by atoms with Crippen molar-refractivity contribution in [3.05, 3.63) is 22.8 Å². The van der Waals surface area contributed by atoms with Crippen LogP contribution in [0.3, 0.4) is 0 Å². The van der Waals surface area contributed by atoms with Crippen molar-refractivity contribution in [2.45, 2.75) is 33.2 Å². The molecule has 1 rings (SSSR count). The van der Waals surface area contributed by atoms with Crippen molar-refractivity contribution in [1.29, 1.82) is 0 Å². The number of carbonyl (C=O) groups is 1. The zero-order chi connectivity index (χ0) is 15.0. The number of nitrogens with zero attached hydrogens (tertiary/aromatic N) is 1. The Bertz CT molecular complexity index is 442. The second kappa shape index (κ2) is 9.08. The standard InChI is InChI=1S/C14H22ClN3OS/c1-4-6-16-13-12(15)7-11(8-17-13)14(19)18-10(3)9-20-5-2/h7-8,10H,4-6,9H2,1-3H3,(H,16,17)(H,18,19). The van der Waals surface area contributed by atoms with E-state index >= 15 is 0 Å². The van der Waals surface area contributed by atoms with Crippen LogP contribution in [-0.2, 0) is 0 Å². The molecule has 112 valence electrons. The van der Waals surface area contributed by atoms with E-state index in [1.54, 1.807) is 24.0 Å². The Labute approximate surface area is 130 Å². The van der Waals surface area contributed by atoms with Crippen LogP contribution < -0.4 is 10.6 Å². The molecular weight excluding hydrogens is 294 g/mol. The van der Waals surface area contributed by atoms with E-state index in [0.29, 0.717) is 16.4 Å². The van der Waals surface area contributed by atoms with Crippen molar-refractivity contribution in [2.75, 3.05) is 23.4 Å². The van der Waals surface area contributed by atoms with Gasteiger partial charge in [-0.05, 0) is 25.2 Å². The maximum absolute atomic E-state index is 12.1. The minimum Gasteiger partial charge on any atom is -0.369 e. The fraction of sp³-hybridized carbons (Fsp3) is 0.571. The van der Waals surface area contributed by atoms with Crippen LogP contribution in [0.4, 0.5) is 5.82 Å². The number of amides is 1. The van der Waals surface area contributed by atoms with Crippen molar-refractivity contribution in [3.63, 3.8) is 0 Å². The second-order valence-electron chi connectivity index (χ2n) is 4.52. The number of aromatic nitrogens is 1. The van der Waals surface area contributed by atoms with E-state index in [4.69, 9.17) is 11.6 Å². The lowest BCUT2D eigenvalue weighted by atomic mass is 10.2. The summed E-state index contributed by atoms with van der Waals surface area (Å²) in [7, 11) is 0. The second-order valence-corrected chi connectivity index (χ2v) is 6.24. The number of halogens is 1.